The molecule has 1 heterocycles. The summed E-state index contributed by atoms with van der Waals surface area (Å²) < 4.78 is 0. The Hall–Kier alpha value is -4.11. The lowest BCUT2D eigenvalue weighted by Gasteiger charge is -2.24. The monoisotopic (exact) mass is 564 g/mol. The van der Waals surface area contributed by atoms with E-state index in [-0.39, 0.29) is 31.4 Å². The zero-order valence-corrected chi connectivity index (χ0v) is 21.8. The fraction of sp³-hybridized carbons (Fsp3) is 0.417. The molecule has 15 heteroatoms. The van der Waals surface area contributed by atoms with Gasteiger partial charge in [-0.25, -0.2) is 4.79 Å². The molecule has 0 radical (unpaired) electrons. The van der Waals surface area contributed by atoms with Crippen molar-refractivity contribution in [2.45, 2.75) is 56.3 Å². The first-order chi connectivity index (χ1) is 18.4. The summed E-state index contributed by atoms with van der Waals surface area (Å²) in [6.45, 7) is 0. The Kier molecular flexibility index (Phi) is 11.7. The van der Waals surface area contributed by atoms with E-state index < -0.39 is 66.2 Å². The molecule has 1 aromatic carbocycles. The first-order valence-corrected chi connectivity index (χ1v) is 12.6. The lowest BCUT2D eigenvalue weighted by molar-refractivity contribution is -0.143. The number of aromatic amines is 1. The summed E-state index contributed by atoms with van der Waals surface area (Å²) in [6, 6.07) is 2.05. The maximum Gasteiger partial charge on any atom is 0.326 e. The van der Waals surface area contributed by atoms with E-state index in [4.69, 9.17) is 16.6 Å². The van der Waals surface area contributed by atoms with E-state index in [1.807, 2.05) is 12.1 Å². The molecule has 39 heavy (non-hydrogen) atoms. The third-order valence-electron chi connectivity index (χ3n) is 5.85. The molecule has 4 unspecified atom stereocenters. The van der Waals surface area contributed by atoms with Crippen LogP contribution < -0.4 is 27.4 Å². The molecule has 0 aliphatic heterocycles. The standard InChI is InChI=1S/C24H32N6O8S/c25-14(5-7-19(26)31)21(34)30-18(11-39)23(36)29-17(9-12-10-27-15-4-2-1-3-13(12)15)22(35)28-16(24(37)38)6-8-20(32)33/h1-4,10,14,16-18,27,39H,5-9,11,25H2,(H2,26,31)(H,28,35)(H,29,36)(H,30,34)(H,32,33)(H,37,38). The molecule has 212 valence electrons. The second-order valence-corrected chi connectivity index (χ2v) is 9.18. The summed E-state index contributed by atoms with van der Waals surface area (Å²) >= 11 is 4.09. The third-order valence-corrected chi connectivity index (χ3v) is 6.21. The number of para-hydroxylation sites is 1. The van der Waals surface area contributed by atoms with Gasteiger partial charge in [-0.2, -0.15) is 12.6 Å². The third kappa shape index (κ3) is 9.61. The fourth-order valence-electron chi connectivity index (χ4n) is 3.70. The van der Waals surface area contributed by atoms with E-state index in [1.54, 1.807) is 18.3 Å². The van der Waals surface area contributed by atoms with Crippen molar-refractivity contribution in [3.63, 3.8) is 0 Å². The highest BCUT2D eigenvalue weighted by molar-refractivity contribution is 7.80. The number of thiol groups is 1. The van der Waals surface area contributed by atoms with Gasteiger partial charge >= 0.3 is 11.9 Å². The maximum absolute atomic E-state index is 13.2. The molecule has 2 aromatic rings. The zero-order chi connectivity index (χ0) is 29.1. The van der Waals surface area contributed by atoms with Gasteiger partial charge in [0, 0.05) is 42.1 Å². The normalized spacial score (nSPS) is 14.0. The number of carboxylic acid groups (broad SMARTS) is 2. The number of hydrogen-bond donors (Lipinski definition) is 9. The molecule has 0 bridgehead atoms. The van der Waals surface area contributed by atoms with Crippen LogP contribution in [0.2, 0.25) is 0 Å². The van der Waals surface area contributed by atoms with Gasteiger partial charge in [-0.3, -0.25) is 24.0 Å². The molecule has 0 fully saturated rings. The molecule has 10 N–H and O–H groups in total. The number of carboxylic acids is 2. The lowest BCUT2D eigenvalue weighted by Crippen LogP contribution is -2.58. The van der Waals surface area contributed by atoms with Crippen molar-refractivity contribution in [3.05, 3.63) is 36.0 Å². The first kappa shape index (κ1) is 31.1. The van der Waals surface area contributed by atoms with Crippen molar-refractivity contribution in [1.82, 2.24) is 20.9 Å². The van der Waals surface area contributed by atoms with Gasteiger partial charge in [0.2, 0.25) is 23.6 Å². The molecule has 2 rings (SSSR count). The quantitative estimate of drug-likeness (QED) is 0.109. The molecular formula is C24H32N6O8S. The topological polar surface area (TPSA) is 247 Å². The van der Waals surface area contributed by atoms with E-state index in [1.165, 1.54) is 0 Å². The van der Waals surface area contributed by atoms with Crippen molar-refractivity contribution in [2.24, 2.45) is 11.5 Å². The van der Waals surface area contributed by atoms with Crippen LogP contribution in [0.3, 0.4) is 0 Å². The minimum atomic E-state index is -1.51. The van der Waals surface area contributed by atoms with Crippen LogP contribution in [0, 0.1) is 0 Å². The SMILES string of the molecule is NC(=O)CCC(N)C(=O)NC(CS)C(=O)NC(Cc1c[nH]c2ccccc12)C(=O)NC(CCC(=O)O)C(=O)O. The molecule has 14 nitrogen and oxygen atoms in total. The van der Waals surface area contributed by atoms with Gasteiger partial charge in [0.15, 0.2) is 0 Å². The minimum absolute atomic E-state index is 0.0411. The summed E-state index contributed by atoms with van der Waals surface area (Å²) in [5, 5.41) is 26.3. The molecule has 0 aliphatic carbocycles. The van der Waals surface area contributed by atoms with Crippen molar-refractivity contribution in [3.8, 4) is 0 Å². The van der Waals surface area contributed by atoms with Crippen LogP contribution in [0.15, 0.2) is 30.5 Å². The average Bonchev–Trinajstić information content (AvgIpc) is 3.29. The van der Waals surface area contributed by atoms with Crippen LogP contribution in [0.4, 0.5) is 0 Å². The van der Waals surface area contributed by atoms with Crippen molar-refractivity contribution < 1.29 is 39.0 Å². The van der Waals surface area contributed by atoms with E-state index in [9.17, 15) is 33.9 Å². The zero-order valence-electron chi connectivity index (χ0n) is 20.9. The van der Waals surface area contributed by atoms with E-state index in [0.717, 1.165) is 10.9 Å². The number of rotatable bonds is 16. The number of nitrogens with two attached hydrogens (primary N) is 2. The van der Waals surface area contributed by atoms with Crippen molar-refractivity contribution >= 4 is 59.1 Å². The number of benzene rings is 1. The number of hydrogen-bond acceptors (Lipinski definition) is 8. The van der Waals surface area contributed by atoms with Crippen LogP contribution in [0.5, 0.6) is 0 Å². The Morgan fingerprint density at radius 3 is 2.10 bits per heavy atom. The number of primary amides is 1. The molecule has 0 saturated carbocycles. The van der Waals surface area contributed by atoms with Crippen molar-refractivity contribution in [1.29, 1.82) is 0 Å². The van der Waals surface area contributed by atoms with Gasteiger partial charge in [-0.15, -0.1) is 0 Å². The molecule has 4 amide bonds. The fourth-order valence-corrected chi connectivity index (χ4v) is 3.96. The van der Waals surface area contributed by atoms with Gasteiger partial charge in [0.1, 0.15) is 18.1 Å². The summed E-state index contributed by atoms with van der Waals surface area (Å²) in [5.41, 5.74) is 12.2. The van der Waals surface area contributed by atoms with Gasteiger partial charge < -0.3 is 42.6 Å². The Labute approximate surface area is 228 Å². The Bertz CT molecular complexity index is 1220. The van der Waals surface area contributed by atoms with Crippen LogP contribution >= 0.6 is 12.6 Å². The maximum atomic E-state index is 13.2. The van der Waals surface area contributed by atoms with Crippen LogP contribution in [-0.4, -0.2) is 80.7 Å². The molecule has 0 saturated heterocycles. The Balaban J connectivity index is 2.23. The van der Waals surface area contributed by atoms with Gasteiger partial charge in [-0.05, 0) is 24.5 Å². The average molecular weight is 565 g/mol. The number of carbonyl (C=O) groups excluding carboxylic acids is 4. The van der Waals surface area contributed by atoms with Gasteiger partial charge in [0.05, 0.1) is 6.04 Å². The predicted octanol–water partition coefficient (Wildman–Crippen LogP) is -1.36. The minimum Gasteiger partial charge on any atom is -0.481 e. The highest BCUT2D eigenvalue weighted by atomic mass is 32.1. The Morgan fingerprint density at radius 2 is 1.49 bits per heavy atom. The van der Waals surface area contributed by atoms with Gasteiger partial charge in [0.25, 0.3) is 0 Å². The summed E-state index contributed by atoms with van der Waals surface area (Å²) in [5.74, 6) is -5.88. The number of aliphatic carboxylic acids is 2. The van der Waals surface area contributed by atoms with Gasteiger partial charge in [-0.1, -0.05) is 18.2 Å². The summed E-state index contributed by atoms with van der Waals surface area (Å²) in [4.78, 5) is 75.2. The van der Waals surface area contributed by atoms with Crippen molar-refractivity contribution in [2.75, 3.05) is 5.75 Å². The number of amides is 4. The predicted molar refractivity (Wildman–Crippen MR) is 143 cm³/mol. The molecular weight excluding hydrogens is 532 g/mol. The number of nitrogens with one attached hydrogen (secondary N) is 4. The lowest BCUT2D eigenvalue weighted by atomic mass is 10.0. The summed E-state index contributed by atoms with van der Waals surface area (Å²) in [7, 11) is 0. The smallest absolute Gasteiger partial charge is 0.326 e. The Morgan fingerprint density at radius 1 is 0.872 bits per heavy atom. The van der Waals surface area contributed by atoms with Crippen LogP contribution in [0.1, 0.15) is 31.2 Å². The van der Waals surface area contributed by atoms with E-state index in [2.05, 4.69) is 33.6 Å². The van der Waals surface area contributed by atoms with E-state index >= 15 is 0 Å². The number of H-pyrrole nitrogens is 1. The number of aromatic nitrogens is 1. The molecule has 1 aromatic heterocycles. The second-order valence-electron chi connectivity index (χ2n) is 8.81. The molecule has 0 spiro atoms. The van der Waals surface area contributed by atoms with Crippen LogP contribution in [0.25, 0.3) is 10.9 Å². The summed E-state index contributed by atoms with van der Waals surface area (Å²) in [6.07, 6.45) is 0.541. The second kappa shape index (κ2) is 14.7. The highest BCUT2D eigenvalue weighted by Gasteiger charge is 2.31. The number of carbonyl (C=O) groups is 6. The molecule has 0 aliphatic rings. The largest absolute Gasteiger partial charge is 0.481 e. The molecule has 4 atom stereocenters. The highest BCUT2D eigenvalue weighted by Crippen LogP contribution is 2.19. The van der Waals surface area contributed by atoms with E-state index in [0.29, 0.717) is 5.56 Å². The van der Waals surface area contributed by atoms with Crippen LogP contribution in [-0.2, 0) is 35.2 Å². The first-order valence-electron chi connectivity index (χ1n) is 12.0. The number of fused-ring (bicyclic) bond motifs is 1.